The Kier molecular flexibility index (Phi) is 5.41. The van der Waals surface area contributed by atoms with Gasteiger partial charge in [0, 0.05) is 32.4 Å². The van der Waals surface area contributed by atoms with E-state index in [1.54, 1.807) is 6.20 Å². The van der Waals surface area contributed by atoms with Crippen molar-refractivity contribution in [2.24, 2.45) is 0 Å². The molecule has 136 valence electrons. The molecule has 0 unspecified atom stereocenters. The zero-order chi connectivity index (χ0) is 18.5. The predicted molar refractivity (Wildman–Crippen MR) is 101 cm³/mol. The molecule has 0 spiro atoms. The van der Waals surface area contributed by atoms with Gasteiger partial charge in [0.25, 0.3) is 5.91 Å². The first-order valence-electron chi connectivity index (χ1n) is 8.58. The number of nitrogens with one attached hydrogen (secondary N) is 1. The molecule has 26 heavy (non-hydrogen) atoms. The Labute approximate surface area is 153 Å². The summed E-state index contributed by atoms with van der Waals surface area (Å²) in [5, 5.41) is 2.92. The van der Waals surface area contributed by atoms with E-state index in [0.717, 1.165) is 16.9 Å². The van der Waals surface area contributed by atoms with Gasteiger partial charge in [0.1, 0.15) is 12.4 Å². The van der Waals surface area contributed by atoms with Gasteiger partial charge in [0.2, 0.25) is 0 Å². The quantitative estimate of drug-likeness (QED) is 0.865. The molecule has 3 rings (SSSR count). The SMILES string of the molecule is CCOc1cccc2c1OCC(C(=O)NCc1ccc(N(C)C)nc1)=C2. The van der Waals surface area contributed by atoms with Crippen molar-refractivity contribution in [3.05, 3.63) is 53.2 Å². The zero-order valence-electron chi connectivity index (χ0n) is 15.3. The number of amides is 1. The van der Waals surface area contributed by atoms with Gasteiger partial charge in [0.15, 0.2) is 11.5 Å². The third kappa shape index (κ3) is 3.96. The molecule has 0 saturated heterocycles. The van der Waals surface area contributed by atoms with Crippen molar-refractivity contribution in [1.82, 2.24) is 10.3 Å². The average Bonchev–Trinajstić information content (AvgIpc) is 2.66. The Morgan fingerprint density at radius 1 is 1.31 bits per heavy atom. The van der Waals surface area contributed by atoms with E-state index in [9.17, 15) is 4.79 Å². The number of carbonyl (C=O) groups excluding carboxylic acids is 1. The van der Waals surface area contributed by atoms with Gasteiger partial charge in [-0.3, -0.25) is 4.79 Å². The van der Waals surface area contributed by atoms with E-state index in [-0.39, 0.29) is 12.5 Å². The fourth-order valence-electron chi connectivity index (χ4n) is 2.66. The molecule has 1 aliphatic heterocycles. The maximum absolute atomic E-state index is 12.4. The summed E-state index contributed by atoms with van der Waals surface area (Å²) in [5.74, 6) is 2.13. The lowest BCUT2D eigenvalue weighted by atomic mass is 10.1. The summed E-state index contributed by atoms with van der Waals surface area (Å²) in [7, 11) is 3.88. The fraction of sp³-hybridized carbons (Fsp3) is 0.300. The summed E-state index contributed by atoms with van der Waals surface area (Å²) in [6.07, 6.45) is 3.62. The average molecular weight is 353 g/mol. The van der Waals surface area contributed by atoms with Gasteiger partial charge < -0.3 is 19.7 Å². The number of para-hydroxylation sites is 1. The molecule has 1 amide bonds. The van der Waals surface area contributed by atoms with E-state index in [1.807, 2.05) is 62.3 Å². The molecule has 2 heterocycles. The van der Waals surface area contributed by atoms with E-state index in [2.05, 4.69) is 10.3 Å². The first kappa shape index (κ1) is 17.8. The van der Waals surface area contributed by atoms with Gasteiger partial charge in [0.05, 0.1) is 12.2 Å². The van der Waals surface area contributed by atoms with Crippen molar-refractivity contribution in [3.8, 4) is 11.5 Å². The number of ether oxygens (including phenoxy) is 2. The molecule has 0 atom stereocenters. The highest BCUT2D eigenvalue weighted by Crippen LogP contribution is 2.35. The monoisotopic (exact) mass is 353 g/mol. The highest BCUT2D eigenvalue weighted by Gasteiger charge is 2.20. The van der Waals surface area contributed by atoms with Crippen LogP contribution in [0.3, 0.4) is 0 Å². The molecule has 1 aromatic heterocycles. The van der Waals surface area contributed by atoms with Crippen LogP contribution in [-0.2, 0) is 11.3 Å². The van der Waals surface area contributed by atoms with Crippen LogP contribution in [0.5, 0.6) is 11.5 Å². The third-order valence-corrected chi connectivity index (χ3v) is 4.02. The lowest BCUT2D eigenvalue weighted by Gasteiger charge is -2.20. The molecule has 0 aliphatic carbocycles. The lowest BCUT2D eigenvalue weighted by molar-refractivity contribution is -0.117. The number of benzene rings is 1. The predicted octanol–water partition coefficient (Wildman–Crippen LogP) is 2.64. The Hall–Kier alpha value is -3.02. The lowest BCUT2D eigenvalue weighted by Crippen LogP contribution is -2.28. The number of pyridine rings is 1. The number of anilines is 1. The van der Waals surface area contributed by atoms with Crippen LogP contribution in [0, 0.1) is 0 Å². The van der Waals surface area contributed by atoms with E-state index < -0.39 is 0 Å². The van der Waals surface area contributed by atoms with Crippen LogP contribution >= 0.6 is 0 Å². The first-order chi connectivity index (χ1) is 12.6. The molecule has 0 saturated carbocycles. The standard InChI is InChI=1S/C20H23N3O3/c1-4-25-17-7-5-6-15-10-16(13-26-19(15)17)20(24)22-12-14-8-9-18(21-11-14)23(2)3/h5-11H,4,12-13H2,1-3H3,(H,22,24). The van der Waals surface area contributed by atoms with Crippen LogP contribution in [-0.4, -0.2) is 38.2 Å². The van der Waals surface area contributed by atoms with Crippen molar-refractivity contribution in [2.75, 3.05) is 32.2 Å². The molecule has 1 N–H and O–H groups in total. The van der Waals surface area contributed by atoms with Gasteiger partial charge in [-0.1, -0.05) is 18.2 Å². The number of hydrogen-bond donors (Lipinski definition) is 1. The molecule has 0 fully saturated rings. The Morgan fingerprint density at radius 2 is 2.15 bits per heavy atom. The Morgan fingerprint density at radius 3 is 2.85 bits per heavy atom. The maximum atomic E-state index is 12.4. The molecule has 0 radical (unpaired) electrons. The Balaban J connectivity index is 1.66. The van der Waals surface area contributed by atoms with Crippen molar-refractivity contribution < 1.29 is 14.3 Å². The first-order valence-corrected chi connectivity index (χ1v) is 8.58. The number of fused-ring (bicyclic) bond motifs is 1. The second-order valence-electron chi connectivity index (χ2n) is 6.17. The Bertz CT molecular complexity index is 814. The molecule has 1 aromatic carbocycles. The normalized spacial score (nSPS) is 12.5. The minimum Gasteiger partial charge on any atom is -0.490 e. The largest absolute Gasteiger partial charge is 0.490 e. The van der Waals surface area contributed by atoms with Gasteiger partial charge in [-0.05, 0) is 30.7 Å². The van der Waals surface area contributed by atoms with Crippen molar-refractivity contribution >= 4 is 17.8 Å². The molecular formula is C20H23N3O3. The van der Waals surface area contributed by atoms with E-state index in [4.69, 9.17) is 9.47 Å². The molecule has 6 nitrogen and oxygen atoms in total. The zero-order valence-corrected chi connectivity index (χ0v) is 15.3. The van der Waals surface area contributed by atoms with Crippen LogP contribution in [0.4, 0.5) is 5.82 Å². The van der Waals surface area contributed by atoms with Gasteiger partial charge in [-0.15, -0.1) is 0 Å². The summed E-state index contributed by atoms with van der Waals surface area (Å²) in [5.41, 5.74) is 2.38. The summed E-state index contributed by atoms with van der Waals surface area (Å²) in [4.78, 5) is 18.7. The third-order valence-electron chi connectivity index (χ3n) is 4.02. The molecule has 6 heteroatoms. The number of aromatic nitrogens is 1. The van der Waals surface area contributed by atoms with E-state index in [0.29, 0.717) is 30.2 Å². The van der Waals surface area contributed by atoms with Crippen LogP contribution in [0.25, 0.3) is 6.08 Å². The number of nitrogens with zero attached hydrogens (tertiary/aromatic N) is 2. The smallest absolute Gasteiger partial charge is 0.250 e. The van der Waals surface area contributed by atoms with E-state index in [1.165, 1.54) is 0 Å². The summed E-state index contributed by atoms with van der Waals surface area (Å²) in [6, 6.07) is 9.55. The molecule has 2 aromatic rings. The highest BCUT2D eigenvalue weighted by molar-refractivity contribution is 5.99. The summed E-state index contributed by atoms with van der Waals surface area (Å²) >= 11 is 0. The minimum absolute atomic E-state index is 0.144. The number of rotatable bonds is 6. The van der Waals surface area contributed by atoms with Crippen LogP contribution in [0.15, 0.2) is 42.1 Å². The maximum Gasteiger partial charge on any atom is 0.250 e. The number of carbonyl (C=O) groups is 1. The van der Waals surface area contributed by atoms with Crippen molar-refractivity contribution in [1.29, 1.82) is 0 Å². The minimum atomic E-state index is -0.144. The summed E-state index contributed by atoms with van der Waals surface area (Å²) < 4.78 is 11.3. The highest BCUT2D eigenvalue weighted by atomic mass is 16.5. The molecular weight excluding hydrogens is 330 g/mol. The topological polar surface area (TPSA) is 63.7 Å². The van der Waals surface area contributed by atoms with Crippen LogP contribution < -0.4 is 19.7 Å². The molecule has 0 bridgehead atoms. The van der Waals surface area contributed by atoms with Crippen LogP contribution in [0.2, 0.25) is 0 Å². The van der Waals surface area contributed by atoms with Gasteiger partial charge in [-0.25, -0.2) is 4.98 Å². The van der Waals surface area contributed by atoms with E-state index >= 15 is 0 Å². The summed E-state index contributed by atoms with van der Waals surface area (Å²) in [6.45, 7) is 3.14. The fourth-order valence-corrected chi connectivity index (χ4v) is 2.66. The number of hydrogen-bond acceptors (Lipinski definition) is 5. The second-order valence-corrected chi connectivity index (χ2v) is 6.17. The van der Waals surface area contributed by atoms with Crippen LogP contribution in [0.1, 0.15) is 18.1 Å². The van der Waals surface area contributed by atoms with Gasteiger partial charge in [-0.2, -0.15) is 0 Å². The van der Waals surface area contributed by atoms with Crippen molar-refractivity contribution in [3.63, 3.8) is 0 Å². The van der Waals surface area contributed by atoms with Crippen molar-refractivity contribution in [2.45, 2.75) is 13.5 Å². The molecule has 1 aliphatic rings. The van der Waals surface area contributed by atoms with Gasteiger partial charge >= 0.3 is 0 Å². The second kappa shape index (κ2) is 7.91.